The van der Waals surface area contributed by atoms with Crippen molar-refractivity contribution in [2.75, 3.05) is 38.6 Å². The highest BCUT2D eigenvalue weighted by Crippen LogP contribution is 2.16. The number of nitrogens with zero attached hydrogens (tertiary/aromatic N) is 2. The molecule has 1 atom stereocenters. The summed E-state index contributed by atoms with van der Waals surface area (Å²) >= 11 is 0. The van der Waals surface area contributed by atoms with Crippen LogP contribution < -0.4 is 5.73 Å². The van der Waals surface area contributed by atoms with Gasteiger partial charge in [0, 0.05) is 43.5 Å². The van der Waals surface area contributed by atoms with Crippen LogP contribution in [0.2, 0.25) is 0 Å². The molecule has 1 unspecified atom stereocenters. The molecule has 138 valence electrons. The molecule has 1 aliphatic heterocycles. The van der Waals surface area contributed by atoms with Crippen molar-refractivity contribution in [1.29, 1.82) is 0 Å². The fourth-order valence-electron chi connectivity index (χ4n) is 3.30. The van der Waals surface area contributed by atoms with Crippen molar-refractivity contribution in [1.82, 2.24) is 9.80 Å². The van der Waals surface area contributed by atoms with Crippen molar-refractivity contribution in [3.63, 3.8) is 0 Å². The lowest BCUT2D eigenvalue weighted by Gasteiger charge is -2.35. The molecule has 1 fully saturated rings. The minimum absolute atomic E-state index is 0.0157. The van der Waals surface area contributed by atoms with Gasteiger partial charge < -0.3 is 15.4 Å². The van der Waals surface area contributed by atoms with Gasteiger partial charge in [-0.15, -0.1) is 0 Å². The van der Waals surface area contributed by atoms with Gasteiger partial charge in [-0.05, 0) is 30.7 Å². The van der Waals surface area contributed by atoms with E-state index < -0.39 is 0 Å². The number of nitrogens with two attached hydrogens (primary N) is 1. The van der Waals surface area contributed by atoms with Crippen LogP contribution in [0.1, 0.15) is 22.8 Å². The predicted molar refractivity (Wildman–Crippen MR) is 104 cm³/mol. The minimum atomic E-state index is 0.0157. The first-order valence-electron chi connectivity index (χ1n) is 9.14. The van der Waals surface area contributed by atoms with Gasteiger partial charge in [0.1, 0.15) is 0 Å². The molecule has 1 heterocycles. The number of morpholine rings is 1. The van der Waals surface area contributed by atoms with E-state index in [-0.39, 0.29) is 11.9 Å². The Morgan fingerprint density at radius 1 is 1.15 bits per heavy atom. The minimum Gasteiger partial charge on any atom is -0.399 e. The van der Waals surface area contributed by atoms with Crippen molar-refractivity contribution < 1.29 is 9.53 Å². The van der Waals surface area contributed by atoms with E-state index in [4.69, 9.17) is 10.5 Å². The summed E-state index contributed by atoms with van der Waals surface area (Å²) in [6.45, 7) is 6.88. The maximum atomic E-state index is 13.2. The third-order valence-electron chi connectivity index (χ3n) is 4.75. The van der Waals surface area contributed by atoms with Crippen molar-refractivity contribution in [3.8, 4) is 0 Å². The van der Waals surface area contributed by atoms with Crippen LogP contribution in [0.5, 0.6) is 0 Å². The molecule has 3 rings (SSSR count). The molecule has 5 heteroatoms. The lowest BCUT2D eigenvalue weighted by atomic mass is 10.1. The Kier molecular flexibility index (Phi) is 6.26. The van der Waals surface area contributed by atoms with Crippen molar-refractivity contribution in [2.24, 2.45) is 0 Å². The molecule has 1 saturated heterocycles. The van der Waals surface area contributed by atoms with Gasteiger partial charge >= 0.3 is 0 Å². The molecule has 2 N–H and O–H groups in total. The van der Waals surface area contributed by atoms with E-state index in [1.165, 1.54) is 0 Å². The number of carbonyl (C=O) groups excluding carboxylic acids is 1. The van der Waals surface area contributed by atoms with Gasteiger partial charge in [-0.3, -0.25) is 9.69 Å². The average Bonchev–Trinajstić information content (AvgIpc) is 2.67. The Bertz CT molecular complexity index is 714. The van der Waals surface area contributed by atoms with Crippen LogP contribution in [0, 0.1) is 0 Å². The molecular weight excluding hydrogens is 326 g/mol. The number of carbonyl (C=O) groups is 1. The van der Waals surface area contributed by atoms with Gasteiger partial charge in [-0.2, -0.15) is 0 Å². The first kappa shape index (κ1) is 18.4. The SMILES string of the molecule is CC(CN1CCOCC1)N(Cc1ccccc1)C(=O)c1cccc(N)c1. The number of hydrogen-bond acceptors (Lipinski definition) is 4. The number of nitrogen functional groups attached to an aromatic ring is 1. The summed E-state index contributed by atoms with van der Waals surface area (Å²) in [6.07, 6.45) is 0. The van der Waals surface area contributed by atoms with Crippen molar-refractivity contribution in [2.45, 2.75) is 19.5 Å². The maximum absolute atomic E-state index is 13.2. The van der Waals surface area contributed by atoms with Crippen LogP contribution >= 0.6 is 0 Å². The molecule has 0 saturated carbocycles. The molecule has 0 bridgehead atoms. The van der Waals surface area contributed by atoms with Crippen LogP contribution in [0.25, 0.3) is 0 Å². The van der Waals surface area contributed by atoms with Gasteiger partial charge in [0.05, 0.1) is 13.2 Å². The maximum Gasteiger partial charge on any atom is 0.254 e. The first-order chi connectivity index (χ1) is 12.6. The third-order valence-corrected chi connectivity index (χ3v) is 4.75. The number of anilines is 1. The third kappa shape index (κ3) is 4.84. The Morgan fingerprint density at radius 2 is 1.88 bits per heavy atom. The van der Waals surface area contributed by atoms with Crippen LogP contribution in [-0.4, -0.2) is 54.6 Å². The monoisotopic (exact) mass is 353 g/mol. The molecule has 1 aliphatic rings. The van der Waals surface area contributed by atoms with E-state index in [2.05, 4.69) is 24.0 Å². The average molecular weight is 353 g/mol. The van der Waals surface area contributed by atoms with Crippen molar-refractivity contribution in [3.05, 3.63) is 65.7 Å². The number of rotatable bonds is 6. The Morgan fingerprint density at radius 3 is 2.58 bits per heavy atom. The Balaban J connectivity index is 1.79. The number of hydrogen-bond donors (Lipinski definition) is 1. The fourth-order valence-corrected chi connectivity index (χ4v) is 3.30. The topological polar surface area (TPSA) is 58.8 Å². The van der Waals surface area contributed by atoms with Gasteiger partial charge in [0.25, 0.3) is 5.91 Å². The summed E-state index contributed by atoms with van der Waals surface area (Å²) in [5.41, 5.74) is 8.25. The molecule has 0 spiro atoms. The summed E-state index contributed by atoms with van der Waals surface area (Å²) in [4.78, 5) is 17.5. The lowest BCUT2D eigenvalue weighted by Crippen LogP contribution is -2.48. The molecule has 2 aromatic rings. The van der Waals surface area contributed by atoms with E-state index in [9.17, 15) is 4.79 Å². The highest BCUT2D eigenvalue weighted by molar-refractivity contribution is 5.95. The fraction of sp³-hybridized carbons (Fsp3) is 0.381. The van der Waals surface area contributed by atoms with Gasteiger partial charge in [0.15, 0.2) is 0 Å². The normalized spacial score (nSPS) is 16.2. The zero-order chi connectivity index (χ0) is 18.4. The van der Waals surface area contributed by atoms with E-state index in [0.717, 1.165) is 38.4 Å². The second-order valence-corrected chi connectivity index (χ2v) is 6.81. The Hall–Kier alpha value is -2.37. The number of amides is 1. The van der Waals surface area contributed by atoms with Gasteiger partial charge in [0.2, 0.25) is 0 Å². The zero-order valence-corrected chi connectivity index (χ0v) is 15.3. The second-order valence-electron chi connectivity index (χ2n) is 6.81. The van der Waals surface area contributed by atoms with E-state index in [0.29, 0.717) is 17.8 Å². The highest BCUT2D eigenvalue weighted by atomic mass is 16.5. The van der Waals surface area contributed by atoms with Crippen molar-refractivity contribution >= 4 is 11.6 Å². The van der Waals surface area contributed by atoms with Crippen LogP contribution in [0.15, 0.2) is 54.6 Å². The molecule has 0 radical (unpaired) electrons. The summed E-state index contributed by atoms with van der Waals surface area (Å²) in [5.74, 6) is 0.0157. The molecular formula is C21H27N3O2. The predicted octanol–water partition coefficient (Wildman–Crippen LogP) is 2.63. The van der Waals surface area contributed by atoms with Gasteiger partial charge in [-0.25, -0.2) is 0 Å². The summed E-state index contributed by atoms with van der Waals surface area (Å²) in [5, 5.41) is 0. The number of benzene rings is 2. The van der Waals surface area contributed by atoms with Crippen LogP contribution in [0.3, 0.4) is 0 Å². The Labute approximate surface area is 155 Å². The standard InChI is InChI=1S/C21H27N3O2/c1-17(15-23-10-12-26-13-11-23)24(16-18-6-3-2-4-7-18)21(25)19-8-5-9-20(22)14-19/h2-9,14,17H,10-13,15-16,22H2,1H3. The summed E-state index contributed by atoms with van der Waals surface area (Å²) in [6, 6.07) is 17.4. The highest BCUT2D eigenvalue weighted by Gasteiger charge is 2.24. The molecule has 26 heavy (non-hydrogen) atoms. The molecule has 0 aliphatic carbocycles. The molecule has 0 aromatic heterocycles. The molecule has 2 aromatic carbocycles. The van der Waals surface area contributed by atoms with Crippen LogP contribution in [0.4, 0.5) is 5.69 Å². The van der Waals surface area contributed by atoms with Crippen LogP contribution in [-0.2, 0) is 11.3 Å². The number of ether oxygens (including phenoxy) is 1. The smallest absolute Gasteiger partial charge is 0.254 e. The van der Waals surface area contributed by atoms with E-state index in [1.54, 1.807) is 12.1 Å². The quantitative estimate of drug-likeness (QED) is 0.811. The van der Waals surface area contributed by atoms with E-state index >= 15 is 0 Å². The first-order valence-corrected chi connectivity index (χ1v) is 9.14. The second kappa shape index (κ2) is 8.83. The van der Waals surface area contributed by atoms with Gasteiger partial charge in [-0.1, -0.05) is 36.4 Å². The summed E-state index contributed by atoms with van der Waals surface area (Å²) in [7, 11) is 0. The summed E-state index contributed by atoms with van der Waals surface area (Å²) < 4.78 is 5.43. The molecule has 1 amide bonds. The van der Waals surface area contributed by atoms with E-state index in [1.807, 2.05) is 35.2 Å². The lowest BCUT2D eigenvalue weighted by molar-refractivity contribution is 0.0228. The zero-order valence-electron chi connectivity index (χ0n) is 15.3. The molecule has 5 nitrogen and oxygen atoms in total. The largest absolute Gasteiger partial charge is 0.399 e.